The van der Waals surface area contributed by atoms with Crippen LogP contribution in [0.1, 0.15) is 37.7 Å². The number of nitrogens with zero attached hydrogens (tertiary/aromatic N) is 1. The second kappa shape index (κ2) is 7.14. The van der Waals surface area contributed by atoms with Gasteiger partial charge in [0.05, 0.1) is 0 Å². The Morgan fingerprint density at radius 3 is 2.64 bits per heavy atom. The summed E-state index contributed by atoms with van der Waals surface area (Å²) in [5, 5.41) is 6.61. The number of hydrogen-bond acceptors (Lipinski definition) is 2. The van der Waals surface area contributed by atoms with E-state index in [1.54, 1.807) is 0 Å². The lowest BCUT2D eigenvalue weighted by Gasteiger charge is -2.32. The minimum atomic E-state index is 0.0974. The Balaban J connectivity index is 1.36. The molecular weight excluding hydrogens is 274 g/mol. The fourth-order valence-electron chi connectivity index (χ4n) is 3.41. The number of amides is 2. The predicted octanol–water partition coefficient (Wildman–Crippen LogP) is 2.57. The van der Waals surface area contributed by atoms with Crippen LogP contribution in [0.3, 0.4) is 0 Å². The molecule has 2 amide bonds. The number of carbonyl (C=O) groups is 1. The molecule has 120 valence electrons. The molecule has 0 aromatic heterocycles. The first-order valence-electron chi connectivity index (χ1n) is 8.59. The lowest BCUT2D eigenvalue weighted by Crippen LogP contribution is -2.45. The van der Waals surface area contributed by atoms with Crippen LogP contribution in [-0.2, 0) is 0 Å². The number of nitrogens with one attached hydrogen (secondary N) is 2. The standard InChI is InChI=1S/C18H27N3O/c1-2-19-18(22)21-10-8-14(9-11-21)13-20-17-12-16(17)15-6-4-3-5-7-15/h3-7,14,16-17,20H,2,8-13H2,1H3,(H,19,22)/t16-,17?/m0/s1. The Morgan fingerprint density at radius 2 is 1.95 bits per heavy atom. The first-order valence-corrected chi connectivity index (χ1v) is 8.59. The second-order valence-electron chi connectivity index (χ2n) is 6.53. The van der Waals surface area contributed by atoms with Gasteiger partial charge in [-0.15, -0.1) is 0 Å². The Kier molecular flexibility index (Phi) is 4.98. The molecule has 1 saturated carbocycles. The SMILES string of the molecule is CCNC(=O)N1CCC(CNC2C[C@H]2c2ccccc2)CC1. The molecule has 1 heterocycles. The number of carbonyl (C=O) groups excluding carboxylic acids is 1. The Morgan fingerprint density at radius 1 is 1.23 bits per heavy atom. The fraction of sp³-hybridized carbons (Fsp3) is 0.611. The highest BCUT2D eigenvalue weighted by atomic mass is 16.2. The van der Waals surface area contributed by atoms with E-state index < -0.39 is 0 Å². The summed E-state index contributed by atoms with van der Waals surface area (Å²) >= 11 is 0. The molecule has 4 heteroatoms. The summed E-state index contributed by atoms with van der Waals surface area (Å²) < 4.78 is 0. The van der Waals surface area contributed by atoms with Crippen molar-refractivity contribution >= 4 is 6.03 Å². The third-order valence-electron chi connectivity index (χ3n) is 4.92. The zero-order valence-electron chi connectivity index (χ0n) is 13.4. The number of benzene rings is 1. The summed E-state index contributed by atoms with van der Waals surface area (Å²) in [5.74, 6) is 1.42. The first kappa shape index (κ1) is 15.3. The van der Waals surface area contributed by atoms with Gasteiger partial charge in [-0.05, 0) is 44.2 Å². The van der Waals surface area contributed by atoms with E-state index in [-0.39, 0.29) is 6.03 Å². The van der Waals surface area contributed by atoms with Gasteiger partial charge in [0.2, 0.25) is 0 Å². The average molecular weight is 301 g/mol. The predicted molar refractivity (Wildman–Crippen MR) is 89.0 cm³/mol. The molecule has 1 aromatic carbocycles. The molecule has 2 N–H and O–H groups in total. The van der Waals surface area contributed by atoms with Crippen molar-refractivity contribution in [1.82, 2.24) is 15.5 Å². The van der Waals surface area contributed by atoms with Crippen LogP contribution < -0.4 is 10.6 Å². The molecule has 1 saturated heterocycles. The van der Waals surface area contributed by atoms with Gasteiger partial charge in [0.15, 0.2) is 0 Å². The Labute approximate surface area is 133 Å². The van der Waals surface area contributed by atoms with Gasteiger partial charge >= 0.3 is 6.03 Å². The number of hydrogen-bond donors (Lipinski definition) is 2. The lowest BCUT2D eigenvalue weighted by molar-refractivity contribution is 0.170. The van der Waals surface area contributed by atoms with Gasteiger partial charge < -0.3 is 15.5 Å². The van der Waals surface area contributed by atoms with Gasteiger partial charge in [-0.25, -0.2) is 4.79 Å². The summed E-state index contributed by atoms with van der Waals surface area (Å²) in [6.45, 7) is 5.56. The molecule has 4 nitrogen and oxygen atoms in total. The molecule has 1 aromatic rings. The lowest BCUT2D eigenvalue weighted by atomic mass is 9.97. The molecule has 2 fully saturated rings. The Bertz CT molecular complexity index is 482. The molecular formula is C18H27N3O. The van der Waals surface area contributed by atoms with Gasteiger partial charge in [0.1, 0.15) is 0 Å². The summed E-state index contributed by atoms with van der Waals surface area (Å²) in [5.41, 5.74) is 1.46. The van der Waals surface area contributed by atoms with Crippen molar-refractivity contribution in [2.45, 2.75) is 38.1 Å². The van der Waals surface area contributed by atoms with E-state index in [0.717, 1.165) is 32.5 Å². The molecule has 2 aliphatic rings. The number of piperidine rings is 1. The number of urea groups is 1. The van der Waals surface area contributed by atoms with Crippen molar-refractivity contribution in [1.29, 1.82) is 0 Å². The highest BCUT2D eigenvalue weighted by molar-refractivity contribution is 5.74. The van der Waals surface area contributed by atoms with Gasteiger partial charge in [-0.2, -0.15) is 0 Å². The van der Waals surface area contributed by atoms with E-state index >= 15 is 0 Å². The molecule has 3 rings (SSSR count). The van der Waals surface area contributed by atoms with E-state index in [2.05, 4.69) is 41.0 Å². The Hall–Kier alpha value is -1.55. The number of rotatable bonds is 5. The first-order chi connectivity index (χ1) is 10.8. The van der Waals surface area contributed by atoms with Gasteiger partial charge in [0, 0.05) is 31.6 Å². The van der Waals surface area contributed by atoms with Crippen molar-refractivity contribution in [3.63, 3.8) is 0 Å². The highest BCUT2D eigenvalue weighted by Crippen LogP contribution is 2.40. The molecule has 0 radical (unpaired) electrons. The quantitative estimate of drug-likeness (QED) is 0.878. The van der Waals surface area contributed by atoms with Crippen molar-refractivity contribution in [3.05, 3.63) is 35.9 Å². The van der Waals surface area contributed by atoms with Crippen molar-refractivity contribution < 1.29 is 4.79 Å². The summed E-state index contributed by atoms with van der Waals surface area (Å²) in [7, 11) is 0. The van der Waals surface area contributed by atoms with Crippen molar-refractivity contribution in [2.24, 2.45) is 5.92 Å². The van der Waals surface area contributed by atoms with E-state index in [0.29, 0.717) is 24.4 Å². The third kappa shape index (κ3) is 3.80. The third-order valence-corrected chi connectivity index (χ3v) is 4.92. The van der Waals surface area contributed by atoms with Crippen LogP contribution in [-0.4, -0.2) is 43.2 Å². The average Bonchev–Trinajstić information content (AvgIpc) is 3.34. The maximum absolute atomic E-state index is 11.8. The molecule has 0 bridgehead atoms. The summed E-state index contributed by atoms with van der Waals surface area (Å²) in [6.07, 6.45) is 3.50. The highest BCUT2D eigenvalue weighted by Gasteiger charge is 2.38. The van der Waals surface area contributed by atoms with Crippen LogP contribution in [0, 0.1) is 5.92 Å². The monoisotopic (exact) mass is 301 g/mol. The van der Waals surface area contributed by atoms with Crippen LogP contribution in [0.15, 0.2) is 30.3 Å². The molecule has 1 unspecified atom stereocenters. The fourth-order valence-corrected chi connectivity index (χ4v) is 3.41. The molecule has 22 heavy (non-hydrogen) atoms. The van der Waals surface area contributed by atoms with Crippen LogP contribution in [0.4, 0.5) is 4.79 Å². The van der Waals surface area contributed by atoms with Crippen molar-refractivity contribution in [2.75, 3.05) is 26.2 Å². The molecule has 1 aliphatic heterocycles. The van der Waals surface area contributed by atoms with Crippen molar-refractivity contribution in [3.8, 4) is 0 Å². The molecule has 2 atom stereocenters. The van der Waals surface area contributed by atoms with Crippen LogP contribution in [0.2, 0.25) is 0 Å². The minimum Gasteiger partial charge on any atom is -0.338 e. The normalized spacial score (nSPS) is 25.0. The minimum absolute atomic E-state index is 0.0974. The van der Waals surface area contributed by atoms with Crippen LogP contribution in [0.25, 0.3) is 0 Å². The summed E-state index contributed by atoms with van der Waals surface area (Å²) in [4.78, 5) is 13.7. The smallest absolute Gasteiger partial charge is 0.317 e. The largest absolute Gasteiger partial charge is 0.338 e. The van der Waals surface area contributed by atoms with Gasteiger partial charge in [-0.1, -0.05) is 30.3 Å². The van der Waals surface area contributed by atoms with Crippen LogP contribution >= 0.6 is 0 Å². The topological polar surface area (TPSA) is 44.4 Å². The van der Waals surface area contributed by atoms with E-state index in [1.807, 2.05) is 11.8 Å². The van der Waals surface area contributed by atoms with Crippen LogP contribution in [0.5, 0.6) is 0 Å². The maximum atomic E-state index is 11.8. The second-order valence-corrected chi connectivity index (χ2v) is 6.53. The zero-order valence-corrected chi connectivity index (χ0v) is 13.4. The molecule has 0 spiro atoms. The number of likely N-dealkylation sites (tertiary alicyclic amines) is 1. The summed E-state index contributed by atoms with van der Waals surface area (Å²) in [6, 6.07) is 11.6. The van der Waals surface area contributed by atoms with E-state index in [9.17, 15) is 4.79 Å². The van der Waals surface area contributed by atoms with E-state index in [4.69, 9.17) is 0 Å². The van der Waals surface area contributed by atoms with Gasteiger partial charge in [-0.3, -0.25) is 0 Å². The van der Waals surface area contributed by atoms with Gasteiger partial charge in [0.25, 0.3) is 0 Å². The maximum Gasteiger partial charge on any atom is 0.317 e. The zero-order chi connectivity index (χ0) is 15.4. The van der Waals surface area contributed by atoms with E-state index in [1.165, 1.54) is 12.0 Å². The molecule has 1 aliphatic carbocycles.